The normalized spacial score (nSPS) is 10.8. The largest absolute Gasteiger partial charge is 0.488 e. The molecule has 0 heterocycles. The molecule has 0 aliphatic rings. The lowest BCUT2D eigenvalue weighted by molar-refractivity contribution is -0.384. The number of ether oxygens (including phenoxy) is 4. The second kappa shape index (κ2) is 16.6. The van der Waals surface area contributed by atoms with E-state index in [1.54, 1.807) is 0 Å². The fraction of sp³-hybridized carbons (Fsp3) is 0.226. The Balaban J connectivity index is 2.00. The molecule has 3 rings (SSSR count). The molecule has 234 valence electrons. The summed E-state index contributed by atoms with van der Waals surface area (Å²) in [5, 5.41) is 28.2. The minimum absolute atomic E-state index is 0.0324. The van der Waals surface area contributed by atoms with Crippen molar-refractivity contribution < 1.29 is 33.5 Å². The fourth-order valence-corrected chi connectivity index (χ4v) is 3.52. The van der Waals surface area contributed by atoms with Crippen LogP contribution in [0.3, 0.4) is 0 Å². The Morgan fingerprint density at radius 3 is 1.76 bits per heavy atom. The van der Waals surface area contributed by atoms with Crippen LogP contribution in [0.4, 0.5) is 34.1 Å². The van der Waals surface area contributed by atoms with Crippen molar-refractivity contribution in [1.82, 2.24) is 0 Å². The van der Waals surface area contributed by atoms with E-state index in [0.717, 1.165) is 23.4 Å². The number of rotatable bonds is 16. The summed E-state index contributed by atoms with van der Waals surface area (Å²) in [6.07, 6.45) is 2.08. The van der Waals surface area contributed by atoms with Crippen LogP contribution in [0.1, 0.15) is 5.56 Å². The van der Waals surface area contributed by atoms with Crippen LogP contribution in [-0.2, 0) is 19.1 Å². The number of anilines is 1. The van der Waals surface area contributed by atoms with Gasteiger partial charge < -0.3 is 23.8 Å². The van der Waals surface area contributed by atoms with Gasteiger partial charge in [-0.15, -0.1) is 10.2 Å². The molecule has 45 heavy (non-hydrogen) atoms. The summed E-state index contributed by atoms with van der Waals surface area (Å²) in [6.45, 7) is 8.41. The monoisotopic (exact) mass is 616 g/mol. The number of hydrogen-bond donors (Lipinski definition) is 0. The Labute approximate surface area is 259 Å². The standard InChI is InChI=1S/C31H32N6O8/c1-6-30(38)44-16-14-42-28-20-27(35-33-25-13-12-24(36(4)5)18-21(25)3)29(43-15-17-45-31(39)7-2)19-26(28)34-32-22-8-10-23(11-9-22)37(40)41/h6-13,18-20H,1-2,14-17H2,3-5H3. The molecule has 0 amide bonds. The zero-order valence-corrected chi connectivity index (χ0v) is 25.0. The highest BCUT2D eigenvalue weighted by molar-refractivity contribution is 5.81. The molecule has 3 aromatic rings. The quantitative estimate of drug-likeness (QED) is 0.0410. The highest BCUT2D eigenvalue weighted by Crippen LogP contribution is 2.41. The van der Waals surface area contributed by atoms with Crippen LogP contribution in [0.2, 0.25) is 0 Å². The number of aryl methyl sites for hydroxylation is 1. The highest BCUT2D eigenvalue weighted by atomic mass is 16.6. The van der Waals surface area contributed by atoms with E-state index < -0.39 is 16.9 Å². The van der Waals surface area contributed by atoms with E-state index in [1.807, 2.05) is 44.1 Å². The maximum absolute atomic E-state index is 11.5. The second-order valence-electron chi connectivity index (χ2n) is 9.27. The number of non-ortho nitro benzene ring substituents is 1. The molecular formula is C31H32N6O8. The van der Waals surface area contributed by atoms with E-state index in [9.17, 15) is 19.7 Å². The van der Waals surface area contributed by atoms with Crippen molar-refractivity contribution in [2.24, 2.45) is 20.5 Å². The van der Waals surface area contributed by atoms with Gasteiger partial charge in [-0.25, -0.2) is 9.59 Å². The predicted molar refractivity (Wildman–Crippen MR) is 167 cm³/mol. The van der Waals surface area contributed by atoms with Crippen molar-refractivity contribution >= 4 is 46.1 Å². The van der Waals surface area contributed by atoms with Gasteiger partial charge in [0.1, 0.15) is 49.3 Å². The summed E-state index contributed by atoms with van der Waals surface area (Å²) >= 11 is 0. The third kappa shape index (κ3) is 10.4. The zero-order chi connectivity index (χ0) is 32.8. The average molecular weight is 617 g/mol. The molecule has 0 N–H and O–H groups in total. The summed E-state index contributed by atoms with van der Waals surface area (Å²) in [5.74, 6) is -0.787. The molecule has 14 nitrogen and oxygen atoms in total. The number of hydrogen-bond acceptors (Lipinski definition) is 13. The number of esters is 2. The van der Waals surface area contributed by atoms with Crippen molar-refractivity contribution in [2.45, 2.75) is 6.92 Å². The molecule has 0 spiro atoms. The van der Waals surface area contributed by atoms with Gasteiger partial charge in [0.2, 0.25) is 0 Å². The van der Waals surface area contributed by atoms with Gasteiger partial charge in [-0.3, -0.25) is 10.1 Å². The molecule has 0 saturated heterocycles. The Kier molecular flexibility index (Phi) is 12.4. The van der Waals surface area contributed by atoms with Gasteiger partial charge in [-0.1, -0.05) is 13.2 Å². The second-order valence-corrected chi connectivity index (χ2v) is 9.27. The van der Waals surface area contributed by atoms with Crippen LogP contribution in [0.25, 0.3) is 0 Å². The van der Waals surface area contributed by atoms with Crippen LogP contribution in [0.15, 0.2) is 100 Å². The van der Waals surface area contributed by atoms with Gasteiger partial charge in [0.15, 0.2) is 0 Å². The Morgan fingerprint density at radius 1 is 0.778 bits per heavy atom. The van der Waals surface area contributed by atoms with Crippen molar-refractivity contribution in [3.63, 3.8) is 0 Å². The van der Waals surface area contributed by atoms with E-state index in [4.69, 9.17) is 18.9 Å². The zero-order valence-electron chi connectivity index (χ0n) is 25.0. The molecule has 0 atom stereocenters. The molecule has 0 aromatic heterocycles. The summed E-state index contributed by atoms with van der Waals surface area (Å²) in [5.41, 5.74) is 3.21. The van der Waals surface area contributed by atoms with E-state index in [0.29, 0.717) is 11.4 Å². The molecule has 0 unspecified atom stereocenters. The van der Waals surface area contributed by atoms with Crippen LogP contribution < -0.4 is 14.4 Å². The van der Waals surface area contributed by atoms with Gasteiger partial charge >= 0.3 is 11.9 Å². The lowest BCUT2D eigenvalue weighted by Crippen LogP contribution is -2.11. The fourth-order valence-electron chi connectivity index (χ4n) is 3.52. The molecule has 0 saturated carbocycles. The van der Waals surface area contributed by atoms with Crippen LogP contribution in [0.5, 0.6) is 11.5 Å². The maximum Gasteiger partial charge on any atom is 0.330 e. The van der Waals surface area contributed by atoms with Gasteiger partial charge in [-0.2, -0.15) is 10.2 Å². The smallest absolute Gasteiger partial charge is 0.330 e. The molecule has 0 aliphatic carbocycles. The van der Waals surface area contributed by atoms with Crippen LogP contribution in [-0.4, -0.2) is 57.4 Å². The minimum Gasteiger partial charge on any atom is -0.488 e. The van der Waals surface area contributed by atoms with Gasteiger partial charge in [0.25, 0.3) is 5.69 Å². The SMILES string of the molecule is C=CC(=O)OCCOc1cc(N=Nc2ccc(N(C)C)cc2C)c(OCCOC(=O)C=C)cc1N=Nc1ccc([N+](=O)[O-])cc1. The molecule has 0 radical (unpaired) electrons. The molecular weight excluding hydrogens is 584 g/mol. The summed E-state index contributed by atoms with van der Waals surface area (Å²) in [4.78, 5) is 35.4. The van der Waals surface area contributed by atoms with E-state index in [1.165, 1.54) is 36.4 Å². The Hall–Kier alpha value is -5.92. The van der Waals surface area contributed by atoms with Crippen LogP contribution in [0, 0.1) is 17.0 Å². The number of carbonyl (C=O) groups is 2. The van der Waals surface area contributed by atoms with Crippen molar-refractivity contribution in [1.29, 1.82) is 0 Å². The van der Waals surface area contributed by atoms with Crippen molar-refractivity contribution in [2.75, 3.05) is 45.4 Å². The first-order chi connectivity index (χ1) is 21.6. The lowest BCUT2D eigenvalue weighted by Gasteiger charge is -2.14. The first-order valence-corrected chi connectivity index (χ1v) is 13.5. The molecule has 0 bridgehead atoms. The van der Waals surface area contributed by atoms with E-state index >= 15 is 0 Å². The molecule has 14 heteroatoms. The maximum atomic E-state index is 11.5. The number of benzene rings is 3. The van der Waals surface area contributed by atoms with Crippen molar-refractivity contribution in [3.05, 3.63) is 95.6 Å². The molecule has 3 aromatic carbocycles. The molecule has 0 fully saturated rings. The summed E-state index contributed by atoms with van der Waals surface area (Å²) in [6, 6.07) is 14.2. The first kappa shape index (κ1) is 33.6. The Morgan fingerprint density at radius 2 is 1.29 bits per heavy atom. The number of nitro groups is 1. The van der Waals surface area contributed by atoms with Gasteiger partial charge in [0.05, 0.1) is 16.3 Å². The number of azo groups is 2. The van der Waals surface area contributed by atoms with Crippen LogP contribution >= 0.6 is 0 Å². The van der Waals surface area contributed by atoms with Crippen molar-refractivity contribution in [3.8, 4) is 11.5 Å². The summed E-state index contributed by atoms with van der Waals surface area (Å²) in [7, 11) is 3.87. The van der Waals surface area contributed by atoms with E-state index in [-0.39, 0.29) is 55.0 Å². The number of nitro benzene ring substituents is 1. The van der Waals surface area contributed by atoms with Gasteiger partial charge in [-0.05, 0) is 42.8 Å². The Bertz CT molecular complexity index is 1600. The summed E-state index contributed by atoms with van der Waals surface area (Å²) < 4.78 is 21.7. The minimum atomic E-state index is -0.609. The lowest BCUT2D eigenvalue weighted by atomic mass is 10.2. The third-order valence-electron chi connectivity index (χ3n) is 5.84. The number of nitrogens with zero attached hydrogens (tertiary/aromatic N) is 6. The van der Waals surface area contributed by atoms with Gasteiger partial charge in [0, 0.05) is 56.2 Å². The van der Waals surface area contributed by atoms with E-state index in [2.05, 4.69) is 33.6 Å². The average Bonchev–Trinajstić information content (AvgIpc) is 3.03. The highest BCUT2D eigenvalue weighted by Gasteiger charge is 2.15. The first-order valence-electron chi connectivity index (χ1n) is 13.5. The molecule has 0 aliphatic heterocycles. The number of carbonyl (C=O) groups excluding carboxylic acids is 2. The topological polar surface area (TPSA) is 167 Å². The predicted octanol–water partition coefficient (Wildman–Crippen LogP) is 7.02. The third-order valence-corrected chi connectivity index (χ3v) is 5.84.